The average Bonchev–Trinajstić information content (AvgIpc) is 3.48. The van der Waals surface area contributed by atoms with Gasteiger partial charge in [-0.05, 0) is 44.0 Å². The van der Waals surface area contributed by atoms with Crippen LogP contribution in [0.2, 0.25) is 0 Å². The molecule has 2 heterocycles. The second-order valence-corrected chi connectivity index (χ2v) is 8.34. The maximum atomic E-state index is 11.9. The molecule has 2 fully saturated rings. The molecule has 0 radical (unpaired) electrons. The molecule has 192 valence electrons. The van der Waals surface area contributed by atoms with E-state index in [1.165, 1.54) is 7.11 Å². The van der Waals surface area contributed by atoms with E-state index in [0.717, 1.165) is 18.5 Å². The summed E-state index contributed by atoms with van der Waals surface area (Å²) in [6, 6.07) is 18.8. The Morgan fingerprint density at radius 1 is 0.771 bits per heavy atom. The molecule has 2 aromatic rings. The van der Waals surface area contributed by atoms with Gasteiger partial charge in [-0.2, -0.15) is 0 Å². The fourth-order valence-corrected chi connectivity index (χ4v) is 3.93. The van der Waals surface area contributed by atoms with Crippen molar-refractivity contribution in [3.05, 3.63) is 71.8 Å². The molecule has 4 rings (SSSR count). The Kier molecular flexibility index (Phi) is 13.3. The first-order chi connectivity index (χ1) is 16.0. The van der Waals surface area contributed by atoms with E-state index in [1.807, 2.05) is 48.5 Å². The van der Waals surface area contributed by atoms with E-state index >= 15 is 0 Å². The molecule has 35 heavy (non-hydrogen) atoms. The smallest absolute Gasteiger partial charge is 0.322 e. The molecular weight excluding hydrogens is 491 g/mol. The van der Waals surface area contributed by atoms with Gasteiger partial charge in [0, 0.05) is 42.3 Å². The zero-order valence-corrected chi connectivity index (χ0v) is 21.5. The molecule has 10 heteroatoms. The summed E-state index contributed by atoms with van der Waals surface area (Å²) in [7, 11) is 1.36. The van der Waals surface area contributed by atoms with Crippen LogP contribution in [0.1, 0.15) is 40.5 Å². The van der Waals surface area contributed by atoms with Gasteiger partial charge >= 0.3 is 5.97 Å². The Morgan fingerprint density at radius 2 is 1.23 bits per heavy atom. The largest absolute Gasteiger partial charge is 0.468 e. The Morgan fingerprint density at radius 3 is 1.66 bits per heavy atom. The highest BCUT2D eigenvalue weighted by Crippen LogP contribution is 2.10. The maximum Gasteiger partial charge on any atom is 0.322 e. The van der Waals surface area contributed by atoms with Crippen molar-refractivity contribution in [1.82, 2.24) is 21.3 Å². The van der Waals surface area contributed by atoms with Crippen LogP contribution in [0.5, 0.6) is 0 Å². The van der Waals surface area contributed by atoms with Crippen molar-refractivity contribution >= 4 is 42.6 Å². The third-order valence-electron chi connectivity index (χ3n) is 5.71. The molecule has 4 N–H and O–H groups in total. The number of carbonyl (C=O) groups is 3. The van der Waals surface area contributed by atoms with Crippen LogP contribution >= 0.6 is 24.8 Å². The number of amides is 2. The SMILES string of the molecule is COC(=O)[C@@H]1C[C@@H](NC(=O)c2ccccc2)CN1.C[C@@H]1C[C@H](NC(=O)c2ccccc2)CN1.Cl.Cl. The number of rotatable bonds is 5. The highest BCUT2D eigenvalue weighted by atomic mass is 35.5. The number of nitrogens with one attached hydrogen (secondary N) is 4. The summed E-state index contributed by atoms with van der Waals surface area (Å²) < 4.78 is 4.66. The number of hydrogen-bond acceptors (Lipinski definition) is 6. The van der Waals surface area contributed by atoms with E-state index in [1.54, 1.807) is 12.1 Å². The van der Waals surface area contributed by atoms with E-state index < -0.39 is 0 Å². The summed E-state index contributed by atoms with van der Waals surface area (Å²) in [5.74, 6) is -0.379. The second kappa shape index (κ2) is 15.4. The second-order valence-electron chi connectivity index (χ2n) is 8.34. The molecule has 4 atom stereocenters. The molecule has 0 aromatic heterocycles. The summed E-state index contributed by atoms with van der Waals surface area (Å²) in [4.78, 5) is 35.0. The van der Waals surface area contributed by atoms with Gasteiger partial charge in [-0.15, -0.1) is 24.8 Å². The Balaban J connectivity index is 0.000000336. The Bertz CT molecular complexity index is 934. The molecule has 2 saturated heterocycles. The summed E-state index contributed by atoms with van der Waals surface area (Å²) in [5, 5.41) is 12.3. The van der Waals surface area contributed by atoms with Gasteiger partial charge in [0.2, 0.25) is 0 Å². The van der Waals surface area contributed by atoms with E-state index in [0.29, 0.717) is 24.6 Å². The lowest BCUT2D eigenvalue weighted by Gasteiger charge is -2.11. The van der Waals surface area contributed by atoms with Crippen molar-refractivity contribution in [3.63, 3.8) is 0 Å². The third-order valence-corrected chi connectivity index (χ3v) is 5.71. The molecule has 0 spiro atoms. The topological polar surface area (TPSA) is 109 Å². The van der Waals surface area contributed by atoms with Crippen molar-refractivity contribution in [2.75, 3.05) is 20.2 Å². The van der Waals surface area contributed by atoms with Crippen molar-refractivity contribution in [2.45, 2.75) is 43.9 Å². The van der Waals surface area contributed by atoms with Crippen LogP contribution in [0.3, 0.4) is 0 Å². The first-order valence-corrected chi connectivity index (χ1v) is 11.2. The monoisotopic (exact) mass is 524 g/mol. The summed E-state index contributed by atoms with van der Waals surface area (Å²) in [6.07, 6.45) is 1.57. The van der Waals surface area contributed by atoms with Crippen molar-refractivity contribution in [2.24, 2.45) is 0 Å². The molecule has 2 amide bonds. The number of ether oxygens (including phenoxy) is 1. The predicted molar refractivity (Wildman–Crippen MR) is 140 cm³/mol. The van der Waals surface area contributed by atoms with Crippen LogP contribution in [0, 0.1) is 0 Å². The standard InChI is InChI=1S/C13H16N2O3.C12H16N2O.2ClH/c1-18-13(17)11-7-10(8-14-11)15-12(16)9-5-3-2-4-6-9;1-9-7-11(8-13-9)14-12(15)10-5-3-2-4-6-10;;/h2-6,10-11,14H,7-8H2,1H3,(H,15,16);2-6,9,11,13H,7-8H2,1H3,(H,14,15);2*1H/t10-,11+;9-,11+;;/m11../s1. The minimum atomic E-state index is -0.323. The molecule has 0 bridgehead atoms. The molecule has 0 unspecified atom stereocenters. The fraction of sp³-hybridized carbons (Fsp3) is 0.400. The van der Waals surface area contributed by atoms with Gasteiger partial charge in [-0.25, -0.2) is 0 Å². The Hall–Kier alpha value is -2.65. The Labute approximate surface area is 218 Å². The number of hydrogen-bond donors (Lipinski definition) is 4. The van der Waals surface area contributed by atoms with Gasteiger partial charge in [0.25, 0.3) is 11.8 Å². The van der Waals surface area contributed by atoms with Gasteiger partial charge < -0.3 is 26.0 Å². The molecule has 8 nitrogen and oxygen atoms in total. The van der Waals surface area contributed by atoms with Crippen LogP contribution in [-0.2, 0) is 9.53 Å². The van der Waals surface area contributed by atoms with Crippen LogP contribution in [0.15, 0.2) is 60.7 Å². The quantitative estimate of drug-likeness (QED) is 0.447. The van der Waals surface area contributed by atoms with Crippen molar-refractivity contribution in [1.29, 1.82) is 0 Å². The third kappa shape index (κ3) is 9.49. The van der Waals surface area contributed by atoms with Gasteiger partial charge in [0.15, 0.2) is 0 Å². The first kappa shape index (κ1) is 30.4. The number of benzene rings is 2. The molecule has 2 aliphatic heterocycles. The van der Waals surface area contributed by atoms with Crippen molar-refractivity contribution < 1.29 is 19.1 Å². The van der Waals surface area contributed by atoms with Gasteiger partial charge in [0.1, 0.15) is 6.04 Å². The maximum absolute atomic E-state index is 11.9. The van der Waals surface area contributed by atoms with Crippen molar-refractivity contribution in [3.8, 4) is 0 Å². The highest BCUT2D eigenvalue weighted by Gasteiger charge is 2.31. The molecule has 2 aliphatic rings. The van der Waals surface area contributed by atoms with E-state index in [9.17, 15) is 14.4 Å². The molecular formula is C25H34Cl2N4O4. The zero-order chi connectivity index (χ0) is 23.6. The lowest BCUT2D eigenvalue weighted by molar-refractivity contribution is -0.142. The highest BCUT2D eigenvalue weighted by molar-refractivity contribution is 5.95. The van der Waals surface area contributed by atoms with Gasteiger partial charge in [-0.1, -0.05) is 36.4 Å². The first-order valence-electron chi connectivity index (χ1n) is 11.2. The number of methoxy groups -OCH3 is 1. The fourth-order valence-electron chi connectivity index (χ4n) is 3.93. The van der Waals surface area contributed by atoms with Crippen LogP contribution < -0.4 is 21.3 Å². The minimum Gasteiger partial charge on any atom is -0.468 e. The van der Waals surface area contributed by atoms with Crippen LogP contribution in [0.4, 0.5) is 0 Å². The predicted octanol–water partition coefficient (Wildman–Crippen LogP) is 2.33. The summed E-state index contributed by atoms with van der Waals surface area (Å²) in [6.45, 7) is 3.59. The van der Waals surface area contributed by atoms with Crippen LogP contribution in [0.25, 0.3) is 0 Å². The van der Waals surface area contributed by atoms with Gasteiger partial charge in [0.05, 0.1) is 7.11 Å². The summed E-state index contributed by atoms with van der Waals surface area (Å²) >= 11 is 0. The van der Waals surface area contributed by atoms with Gasteiger partial charge in [-0.3, -0.25) is 14.4 Å². The lowest BCUT2D eigenvalue weighted by Crippen LogP contribution is -2.36. The zero-order valence-electron chi connectivity index (χ0n) is 19.9. The number of halogens is 2. The number of carbonyl (C=O) groups excluding carboxylic acids is 3. The minimum absolute atomic E-state index is 0. The normalized spacial score (nSPS) is 22.3. The van der Waals surface area contributed by atoms with E-state index in [2.05, 4.69) is 32.9 Å². The average molecular weight is 525 g/mol. The van der Waals surface area contributed by atoms with E-state index in [4.69, 9.17) is 0 Å². The molecule has 0 aliphatic carbocycles. The molecule has 0 saturated carbocycles. The molecule has 2 aromatic carbocycles. The van der Waals surface area contributed by atoms with Crippen LogP contribution in [-0.4, -0.2) is 62.2 Å². The number of esters is 1. The van der Waals surface area contributed by atoms with E-state index in [-0.39, 0.29) is 60.7 Å². The lowest BCUT2D eigenvalue weighted by atomic mass is 10.1. The summed E-state index contributed by atoms with van der Waals surface area (Å²) in [5.41, 5.74) is 1.36.